The van der Waals surface area contributed by atoms with Crippen LogP contribution in [0.2, 0.25) is 0 Å². The van der Waals surface area contributed by atoms with Gasteiger partial charge in [-0.1, -0.05) is 36.4 Å². The molecule has 9 nitrogen and oxygen atoms in total. The summed E-state index contributed by atoms with van der Waals surface area (Å²) in [6.45, 7) is 2.18. The lowest BCUT2D eigenvalue weighted by atomic mass is 9.91. The summed E-state index contributed by atoms with van der Waals surface area (Å²) in [7, 11) is 1.28. The number of rotatable bonds is 7. The smallest absolute Gasteiger partial charge is 0.411 e. The monoisotopic (exact) mass is 490 g/mol. The van der Waals surface area contributed by atoms with Crippen LogP contribution < -0.4 is 10.6 Å². The maximum Gasteiger partial charge on any atom is 0.411 e. The van der Waals surface area contributed by atoms with Crippen LogP contribution in [-0.2, 0) is 32.8 Å². The predicted octanol–water partition coefficient (Wildman–Crippen LogP) is 3.39. The Morgan fingerprint density at radius 2 is 1.94 bits per heavy atom. The van der Waals surface area contributed by atoms with E-state index in [2.05, 4.69) is 15.4 Å². The summed E-state index contributed by atoms with van der Waals surface area (Å²) in [6, 6.07) is 14.4. The second-order valence-corrected chi connectivity index (χ2v) is 9.80. The zero-order chi connectivity index (χ0) is 25.4. The molecule has 0 bridgehead atoms. The van der Waals surface area contributed by atoms with Crippen molar-refractivity contribution in [3.8, 4) is 0 Å². The summed E-state index contributed by atoms with van der Waals surface area (Å²) in [6.07, 6.45) is 2.52. The van der Waals surface area contributed by atoms with Crippen LogP contribution in [-0.4, -0.2) is 53.4 Å². The maximum atomic E-state index is 13.6. The number of hydrogen-bond acceptors (Lipinski definition) is 5. The standard InChI is InChI=1S/C27H30N4O5/c1-17(19-8-9-19)30(15-18-6-4-3-5-7-18)23(32)16-31-24(33)27(29-25(31)34)13-12-20-14-21(10-11-22(20)27)28-26(35)36-2/h3-7,10-11,14,17,19H,8-9,12-13,15-16H2,1-2H3,(H,28,35)(H,29,34)/t17-,27?/m0/s1. The van der Waals surface area contributed by atoms with E-state index in [1.54, 1.807) is 23.1 Å². The fourth-order valence-corrected chi connectivity index (χ4v) is 5.34. The SMILES string of the molecule is COC(=O)Nc1ccc2c(c1)CCC21NC(=O)N(CC(=O)N(Cc2ccccc2)[C@@H](C)C2CC2)C1=O. The molecule has 9 heteroatoms. The molecule has 2 N–H and O–H groups in total. The van der Waals surface area contributed by atoms with Crippen molar-refractivity contribution in [1.29, 1.82) is 0 Å². The van der Waals surface area contributed by atoms with Crippen molar-refractivity contribution >= 4 is 29.6 Å². The molecule has 2 aromatic carbocycles. The first-order valence-electron chi connectivity index (χ1n) is 12.3. The third-order valence-corrected chi connectivity index (χ3v) is 7.55. The van der Waals surface area contributed by atoms with Crippen LogP contribution in [0.4, 0.5) is 15.3 Å². The molecule has 3 aliphatic rings. The van der Waals surface area contributed by atoms with Gasteiger partial charge in [0.1, 0.15) is 12.1 Å². The maximum absolute atomic E-state index is 13.6. The van der Waals surface area contributed by atoms with Crippen LogP contribution in [0.5, 0.6) is 0 Å². The Bertz CT molecular complexity index is 1210. The van der Waals surface area contributed by atoms with Crippen LogP contribution >= 0.6 is 0 Å². The van der Waals surface area contributed by atoms with Crippen LogP contribution in [0.15, 0.2) is 48.5 Å². The summed E-state index contributed by atoms with van der Waals surface area (Å²) in [5.74, 6) is -0.205. The number of amides is 5. The molecule has 1 saturated heterocycles. The van der Waals surface area contributed by atoms with Gasteiger partial charge in [-0.05, 0) is 67.3 Å². The summed E-state index contributed by atoms with van der Waals surface area (Å²) in [5.41, 5.74) is 1.92. The molecule has 5 amide bonds. The number of aryl methyl sites for hydroxylation is 1. The Labute approximate surface area is 209 Å². The molecule has 1 heterocycles. The van der Waals surface area contributed by atoms with Gasteiger partial charge in [0.25, 0.3) is 5.91 Å². The Kier molecular flexibility index (Phi) is 6.15. The Balaban J connectivity index is 1.35. The fourth-order valence-electron chi connectivity index (χ4n) is 5.34. The van der Waals surface area contributed by atoms with Crippen molar-refractivity contribution in [1.82, 2.24) is 15.1 Å². The number of benzene rings is 2. The third kappa shape index (κ3) is 4.29. The highest BCUT2D eigenvalue weighted by molar-refractivity contribution is 6.10. The predicted molar refractivity (Wildman–Crippen MR) is 132 cm³/mol. The first-order chi connectivity index (χ1) is 17.3. The number of carbonyl (C=O) groups is 4. The first-order valence-corrected chi connectivity index (χ1v) is 12.3. The minimum atomic E-state index is -1.19. The normalized spacial score (nSPS) is 21.2. The van der Waals surface area contributed by atoms with Crippen molar-refractivity contribution < 1.29 is 23.9 Å². The van der Waals surface area contributed by atoms with Gasteiger partial charge >= 0.3 is 12.1 Å². The lowest BCUT2D eigenvalue weighted by Crippen LogP contribution is -2.47. The van der Waals surface area contributed by atoms with Crippen molar-refractivity contribution in [3.63, 3.8) is 0 Å². The molecule has 0 radical (unpaired) electrons. The average molecular weight is 491 g/mol. The van der Waals surface area contributed by atoms with Crippen LogP contribution in [0.25, 0.3) is 0 Å². The van der Waals surface area contributed by atoms with Gasteiger partial charge in [-0.3, -0.25) is 19.8 Å². The number of carbonyl (C=O) groups excluding carboxylic acids is 4. The molecule has 2 fully saturated rings. The molecule has 36 heavy (non-hydrogen) atoms. The van der Waals surface area contributed by atoms with Crippen molar-refractivity contribution in [2.45, 2.75) is 50.7 Å². The molecule has 2 atom stereocenters. The number of imide groups is 1. The van der Waals surface area contributed by atoms with E-state index >= 15 is 0 Å². The van der Waals surface area contributed by atoms with Gasteiger partial charge in [-0.2, -0.15) is 0 Å². The van der Waals surface area contributed by atoms with E-state index in [4.69, 9.17) is 0 Å². The number of hydrogen-bond donors (Lipinski definition) is 2. The molecule has 188 valence electrons. The third-order valence-electron chi connectivity index (χ3n) is 7.55. The van der Waals surface area contributed by atoms with Crippen molar-refractivity contribution in [2.24, 2.45) is 5.92 Å². The molecule has 1 spiro atoms. The minimum absolute atomic E-state index is 0.0281. The average Bonchev–Trinajstić information content (AvgIpc) is 3.63. The van der Waals surface area contributed by atoms with E-state index in [-0.39, 0.29) is 18.5 Å². The molecule has 5 rings (SSSR count). The highest BCUT2D eigenvalue weighted by Crippen LogP contribution is 2.42. The summed E-state index contributed by atoms with van der Waals surface area (Å²) in [5, 5.41) is 5.49. The fraction of sp³-hybridized carbons (Fsp3) is 0.407. The summed E-state index contributed by atoms with van der Waals surface area (Å²) in [4.78, 5) is 54.5. The second kappa shape index (κ2) is 9.29. The number of anilines is 1. The first kappa shape index (κ1) is 23.8. The molecule has 0 aromatic heterocycles. The quantitative estimate of drug-likeness (QED) is 0.579. The minimum Gasteiger partial charge on any atom is -0.453 e. The zero-order valence-corrected chi connectivity index (χ0v) is 20.5. The highest BCUT2D eigenvalue weighted by Gasteiger charge is 2.56. The lowest BCUT2D eigenvalue weighted by Gasteiger charge is -2.31. The molecule has 2 aromatic rings. The molecular formula is C27H30N4O5. The molecule has 2 aliphatic carbocycles. The van der Waals surface area contributed by atoms with Crippen molar-refractivity contribution in [3.05, 3.63) is 65.2 Å². The van der Waals surface area contributed by atoms with E-state index in [0.29, 0.717) is 36.6 Å². The Morgan fingerprint density at radius 1 is 1.19 bits per heavy atom. The van der Waals surface area contributed by atoms with Gasteiger partial charge in [-0.25, -0.2) is 9.59 Å². The van der Waals surface area contributed by atoms with Gasteiger partial charge in [0, 0.05) is 18.3 Å². The van der Waals surface area contributed by atoms with E-state index < -0.39 is 23.6 Å². The highest BCUT2D eigenvalue weighted by atomic mass is 16.5. The van der Waals surface area contributed by atoms with E-state index in [1.807, 2.05) is 37.3 Å². The van der Waals surface area contributed by atoms with Crippen LogP contribution in [0, 0.1) is 5.92 Å². The lowest BCUT2D eigenvalue weighted by molar-refractivity contribution is -0.141. The summed E-state index contributed by atoms with van der Waals surface area (Å²) < 4.78 is 4.64. The number of ether oxygens (including phenoxy) is 1. The Morgan fingerprint density at radius 3 is 2.64 bits per heavy atom. The van der Waals surface area contributed by atoms with E-state index in [0.717, 1.165) is 28.9 Å². The number of nitrogens with one attached hydrogen (secondary N) is 2. The number of nitrogens with zero attached hydrogens (tertiary/aromatic N) is 2. The molecule has 1 saturated carbocycles. The van der Waals surface area contributed by atoms with E-state index in [1.165, 1.54) is 7.11 Å². The molecule has 1 aliphatic heterocycles. The van der Waals surface area contributed by atoms with Gasteiger partial charge in [0.05, 0.1) is 7.11 Å². The molecule has 1 unspecified atom stereocenters. The van der Waals surface area contributed by atoms with Crippen LogP contribution in [0.1, 0.15) is 42.9 Å². The second-order valence-electron chi connectivity index (χ2n) is 9.80. The Hall–Kier alpha value is -3.88. The molecular weight excluding hydrogens is 460 g/mol. The van der Waals surface area contributed by atoms with Crippen molar-refractivity contribution in [2.75, 3.05) is 19.0 Å². The summed E-state index contributed by atoms with van der Waals surface area (Å²) >= 11 is 0. The topological polar surface area (TPSA) is 108 Å². The number of urea groups is 1. The van der Waals surface area contributed by atoms with E-state index in [9.17, 15) is 19.2 Å². The van der Waals surface area contributed by atoms with Gasteiger partial charge < -0.3 is 15.0 Å². The van der Waals surface area contributed by atoms with Crippen LogP contribution in [0.3, 0.4) is 0 Å². The number of fused-ring (bicyclic) bond motifs is 2. The van der Waals surface area contributed by atoms with Gasteiger partial charge in [0.15, 0.2) is 0 Å². The zero-order valence-electron chi connectivity index (χ0n) is 20.5. The van der Waals surface area contributed by atoms with Gasteiger partial charge in [0.2, 0.25) is 5.91 Å². The number of methoxy groups -OCH3 is 1. The van der Waals surface area contributed by atoms with Gasteiger partial charge in [-0.15, -0.1) is 0 Å². The largest absolute Gasteiger partial charge is 0.453 e.